The van der Waals surface area contributed by atoms with Gasteiger partial charge < -0.3 is 15.4 Å². The number of halogens is 4. The van der Waals surface area contributed by atoms with Crippen LogP contribution in [0.2, 0.25) is 0 Å². The molecule has 0 fully saturated rings. The predicted octanol–water partition coefficient (Wildman–Crippen LogP) is 2.17. The Bertz CT molecular complexity index is 410. The van der Waals surface area contributed by atoms with Crippen molar-refractivity contribution in [3.63, 3.8) is 0 Å². The van der Waals surface area contributed by atoms with Gasteiger partial charge in [-0.25, -0.2) is 4.39 Å². The fraction of sp³-hybridized carbons (Fsp3) is 0.538. The molecule has 0 heterocycles. The third kappa shape index (κ3) is 5.85. The van der Waals surface area contributed by atoms with Crippen molar-refractivity contribution in [3.8, 4) is 0 Å². The SMILES string of the molecule is COCCNCCNCc1ccc(F)c(C(F)(F)F)c1. The Hall–Kier alpha value is -1.18. The van der Waals surface area contributed by atoms with Crippen LogP contribution in [0.4, 0.5) is 17.6 Å². The molecule has 1 rings (SSSR count). The van der Waals surface area contributed by atoms with Crippen LogP contribution in [0.3, 0.4) is 0 Å². The van der Waals surface area contributed by atoms with Gasteiger partial charge in [0.25, 0.3) is 0 Å². The van der Waals surface area contributed by atoms with Gasteiger partial charge >= 0.3 is 6.18 Å². The zero-order chi connectivity index (χ0) is 15.0. The van der Waals surface area contributed by atoms with E-state index in [9.17, 15) is 17.6 Å². The average Bonchev–Trinajstić information content (AvgIpc) is 2.38. The first-order chi connectivity index (χ1) is 9.45. The van der Waals surface area contributed by atoms with Crippen LogP contribution in [0.15, 0.2) is 18.2 Å². The van der Waals surface area contributed by atoms with Crippen molar-refractivity contribution in [2.75, 3.05) is 33.4 Å². The molecule has 7 heteroatoms. The highest BCUT2D eigenvalue weighted by molar-refractivity contribution is 5.27. The number of hydrogen-bond donors (Lipinski definition) is 2. The second kappa shape index (κ2) is 8.18. The van der Waals surface area contributed by atoms with Crippen LogP contribution in [0.25, 0.3) is 0 Å². The summed E-state index contributed by atoms with van der Waals surface area (Å²) in [4.78, 5) is 0. The number of nitrogens with one attached hydrogen (secondary N) is 2. The average molecular weight is 294 g/mol. The number of hydrogen-bond acceptors (Lipinski definition) is 3. The maximum Gasteiger partial charge on any atom is 0.419 e. The third-order valence-corrected chi connectivity index (χ3v) is 2.63. The van der Waals surface area contributed by atoms with E-state index in [0.29, 0.717) is 31.8 Å². The smallest absolute Gasteiger partial charge is 0.383 e. The zero-order valence-electron chi connectivity index (χ0n) is 11.2. The normalized spacial score (nSPS) is 11.8. The van der Waals surface area contributed by atoms with Crippen LogP contribution < -0.4 is 10.6 Å². The van der Waals surface area contributed by atoms with Crippen molar-refractivity contribution in [3.05, 3.63) is 35.1 Å². The quantitative estimate of drug-likeness (QED) is 0.569. The maximum absolute atomic E-state index is 13.1. The Morgan fingerprint density at radius 3 is 2.45 bits per heavy atom. The van der Waals surface area contributed by atoms with Crippen molar-refractivity contribution in [1.29, 1.82) is 0 Å². The van der Waals surface area contributed by atoms with E-state index < -0.39 is 17.6 Å². The molecule has 20 heavy (non-hydrogen) atoms. The number of methoxy groups -OCH3 is 1. The lowest BCUT2D eigenvalue weighted by Gasteiger charge is -2.11. The minimum Gasteiger partial charge on any atom is -0.383 e. The van der Waals surface area contributed by atoms with Crippen LogP contribution in [0, 0.1) is 5.82 Å². The lowest BCUT2D eigenvalue weighted by atomic mass is 10.1. The molecule has 2 N–H and O–H groups in total. The Kier molecular flexibility index (Phi) is 6.90. The summed E-state index contributed by atoms with van der Waals surface area (Å²) in [6.07, 6.45) is -4.66. The van der Waals surface area contributed by atoms with E-state index >= 15 is 0 Å². The van der Waals surface area contributed by atoms with Crippen LogP contribution in [0.5, 0.6) is 0 Å². The van der Waals surface area contributed by atoms with Gasteiger partial charge in [-0.3, -0.25) is 0 Å². The topological polar surface area (TPSA) is 33.3 Å². The maximum atomic E-state index is 13.1. The first-order valence-corrected chi connectivity index (χ1v) is 6.21. The van der Waals surface area contributed by atoms with Gasteiger partial charge in [0, 0.05) is 33.3 Å². The minimum absolute atomic E-state index is 0.259. The van der Waals surface area contributed by atoms with Crippen LogP contribution in [0.1, 0.15) is 11.1 Å². The standard InChI is InChI=1S/C13H18F4N2O/c1-20-7-6-18-4-5-19-9-10-2-3-12(14)11(8-10)13(15,16)17/h2-3,8,18-19H,4-7,9H2,1H3. The lowest BCUT2D eigenvalue weighted by Crippen LogP contribution is -2.29. The first-order valence-electron chi connectivity index (χ1n) is 6.21. The van der Waals surface area contributed by atoms with E-state index in [-0.39, 0.29) is 6.54 Å². The van der Waals surface area contributed by atoms with Crippen molar-refractivity contribution < 1.29 is 22.3 Å². The van der Waals surface area contributed by atoms with Crippen LogP contribution >= 0.6 is 0 Å². The van der Waals surface area contributed by atoms with Gasteiger partial charge in [0.05, 0.1) is 12.2 Å². The molecule has 0 aliphatic rings. The van der Waals surface area contributed by atoms with Crippen molar-refractivity contribution in [2.45, 2.75) is 12.7 Å². The van der Waals surface area contributed by atoms with Gasteiger partial charge in [0.2, 0.25) is 0 Å². The van der Waals surface area contributed by atoms with Gasteiger partial charge in [-0.15, -0.1) is 0 Å². The summed E-state index contributed by atoms with van der Waals surface area (Å²) in [5, 5.41) is 6.07. The van der Waals surface area contributed by atoms with Crippen molar-refractivity contribution >= 4 is 0 Å². The van der Waals surface area contributed by atoms with E-state index in [0.717, 1.165) is 12.1 Å². The first kappa shape index (κ1) is 16.9. The highest BCUT2D eigenvalue weighted by Crippen LogP contribution is 2.31. The van der Waals surface area contributed by atoms with E-state index in [4.69, 9.17) is 4.74 Å². The molecular formula is C13H18F4N2O. The molecule has 0 spiro atoms. The van der Waals surface area contributed by atoms with Crippen molar-refractivity contribution in [2.24, 2.45) is 0 Å². The fourth-order valence-electron chi connectivity index (χ4n) is 1.61. The molecule has 1 aromatic rings. The van der Waals surface area contributed by atoms with Gasteiger partial charge in [0.1, 0.15) is 5.82 Å². The highest BCUT2D eigenvalue weighted by Gasteiger charge is 2.34. The summed E-state index contributed by atoms with van der Waals surface area (Å²) in [5.41, 5.74) is -0.828. The second-order valence-electron chi connectivity index (χ2n) is 4.23. The van der Waals surface area contributed by atoms with Gasteiger partial charge in [-0.2, -0.15) is 13.2 Å². The fourth-order valence-corrected chi connectivity index (χ4v) is 1.61. The number of rotatable bonds is 8. The van der Waals surface area contributed by atoms with Crippen molar-refractivity contribution in [1.82, 2.24) is 10.6 Å². The molecule has 0 aromatic heterocycles. The molecule has 114 valence electrons. The molecule has 0 saturated heterocycles. The third-order valence-electron chi connectivity index (χ3n) is 2.63. The summed E-state index contributed by atoms with van der Waals surface area (Å²) in [6, 6.07) is 3.02. The Balaban J connectivity index is 2.38. The van der Waals surface area contributed by atoms with Gasteiger partial charge in [0.15, 0.2) is 0 Å². The summed E-state index contributed by atoms with van der Waals surface area (Å²) in [6.45, 7) is 2.86. The summed E-state index contributed by atoms with van der Waals surface area (Å²) >= 11 is 0. The number of benzene rings is 1. The predicted molar refractivity (Wildman–Crippen MR) is 67.9 cm³/mol. The molecule has 0 amide bonds. The molecule has 0 radical (unpaired) electrons. The zero-order valence-corrected chi connectivity index (χ0v) is 11.2. The van der Waals surface area contributed by atoms with E-state index in [1.807, 2.05) is 0 Å². The summed E-state index contributed by atoms with van der Waals surface area (Å²) < 4.78 is 55.4. The molecule has 0 bridgehead atoms. The largest absolute Gasteiger partial charge is 0.419 e. The summed E-state index contributed by atoms with van der Waals surface area (Å²) in [5.74, 6) is -1.25. The Morgan fingerprint density at radius 1 is 1.10 bits per heavy atom. The molecule has 0 aliphatic heterocycles. The van der Waals surface area contributed by atoms with Gasteiger partial charge in [-0.1, -0.05) is 6.07 Å². The van der Waals surface area contributed by atoms with E-state index in [1.54, 1.807) is 7.11 Å². The lowest BCUT2D eigenvalue weighted by molar-refractivity contribution is -0.140. The van der Waals surface area contributed by atoms with Crippen LogP contribution in [-0.4, -0.2) is 33.4 Å². The Labute approximate surface area is 115 Å². The monoisotopic (exact) mass is 294 g/mol. The molecule has 0 aliphatic carbocycles. The molecule has 0 saturated carbocycles. The number of alkyl halides is 3. The molecule has 0 atom stereocenters. The highest BCUT2D eigenvalue weighted by atomic mass is 19.4. The number of ether oxygens (including phenoxy) is 1. The van der Waals surface area contributed by atoms with E-state index in [2.05, 4.69) is 10.6 Å². The van der Waals surface area contributed by atoms with E-state index in [1.165, 1.54) is 6.07 Å². The molecule has 0 unspecified atom stereocenters. The van der Waals surface area contributed by atoms with Crippen LogP contribution in [-0.2, 0) is 17.5 Å². The second-order valence-corrected chi connectivity index (χ2v) is 4.23. The Morgan fingerprint density at radius 2 is 1.80 bits per heavy atom. The minimum atomic E-state index is -4.66. The molecule has 1 aromatic carbocycles. The van der Waals surface area contributed by atoms with Gasteiger partial charge in [-0.05, 0) is 17.7 Å². The molecular weight excluding hydrogens is 276 g/mol. The molecule has 3 nitrogen and oxygen atoms in total. The summed E-state index contributed by atoms with van der Waals surface area (Å²) in [7, 11) is 1.60.